The second kappa shape index (κ2) is 5.59. The van der Waals surface area contributed by atoms with E-state index >= 15 is 0 Å². The molecule has 2 aliphatic rings. The number of nitrogens with one attached hydrogen (secondary N) is 1. The molecule has 2 aliphatic heterocycles. The summed E-state index contributed by atoms with van der Waals surface area (Å²) in [5.41, 5.74) is 1.24. The monoisotopic (exact) mass is 323 g/mol. The molecule has 2 saturated heterocycles. The third kappa shape index (κ3) is 3.15. The van der Waals surface area contributed by atoms with Gasteiger partial charge in [-0.3, -0.25) is 14.7 Å². The third-order valence-electron chi connectivity index (χ3n) is 4.07. The maximum Gasteiger partial charge on any atom is 0.220 e. The Hall–Kier alpha value is -0.940. The molecule has 0 saturated carbocycles. The van der Waals surface area contributed by atoms with Gasteiger partial charge in [0.05, 0.1) is 0 Å². The van der Waals surface area contributed by atoms with Crippen LogP contribution >= 0.6 is 15.9 Å². The van der Waals surface area contributed by atoms with Crippen LogP contribution in [0, 0.1) is 5.92 Å². The highest BCUT2D eigenvalue weighted by atomic mass is 79.9. The van der Waals surface area contributed by atoms with Gasteiger partial charge in [-0.1, -0.05) is 0 Å². The number of halogens is 1. The smallest absolute Gasteiger partial charge is 0.220 e. The molecule has 1 aromatic rings. The number of hydrogen-bond acceptors (Lipinski definition) is 3. The Kier molecular flexibility index (Phi) is 3.84. The van der Waals surface area contributed by atoms with Crippen molar-refractivity contribution in [2.24, 2.45) is 5.92 Å². The van der Waals surface area contributed by atoms with Crippen molar-refractivity contribution in [1.82, 2.24) is 15.2 Å². The van der Waals surface area contributed by atoms with E-state index in [1.165, 1.54) is 5.56 Å². The zero-order valence-electron chi connectivity index (χ0n) is 10.8. The van der Waals surface area contributed by atoms with Crippen LogP contribution in [-0.2, 0) is 11.3 Å². The number of pyridine rings is 1. The number of nitrogens with zero attached hydrogens (tertiary/aromatic N) is 2. The summed E-state index contributed by atoms with van der Waals surface area (Å²) in [6, 6.07) is 2.53. The number of rotatable bonds is 2. The average molecular weight is 324 g/mol. The van der Waals surface area contributed by atoms with E-state index in [0.29, 0.717) is 18.4 Å². The topological polar surface area (TPSA) is 45.2 Å². The summed E-state index contributed by atoms with van der Waals surface area (Å²) in [6.45, 7) is 3.08. The second-order valence-corrected chi connectivity index (χ2v) is 6.42. The lowest BCUT2D eigenvalue weighted by atomic mass is 9.85. The highest BCUT2D eigenvalue weighted by molar-refractivity contribution is 9.10. The first-order valence-corrected chi connectivity index (χ1v) is 7.61. The fourth-order valence-electron chi connectivity index (χ4n) is 3.13. The van der Waals surface area contributed by atoms with Crippen LogP contribution in [0.4, 0.5) is 0 Å². The molecule has 19 heavy (non-hydrogen) atoms. The largest absolute Gasteiger partial charge is 0.353 e. The molecular weight excluding hydrogens is 306 g/mol. The molecule has 0 bridgehead atoms. The van der Waals surface area contributed by atoms with Gasteiger partial charge in [-0.25, -0.2) is 0 Å². The minimum Gasteiger partial charge on any atom is -0.353 e. The van der Waals surface area contributed by atoms with Crippen molar-refractivity contribution in [3.8, 4) is 0 Å². The lowest BCUT2D eigenvalue weighted by Gasteiger charge is -2.41. The van der Waals surface area contributed by atoms with Gasteiger partial charge in [0.25, 0.3) is 0 Å². The number of carbonyl (C=O) groups is 1. The van der Waals surface area contributed by atoms with Gasteiger partial charge in [0.1, 0.15) is 0 Å². The Morgan fingerprint density at radius 1 is 1.42 bits per heavy atom. The molecule has 5 heteroatoms. The van der Waals surface area contributed by atoms with E-state index in [1.807, 2.05) is 12.4 Å². The highest BCUT2D eigenvalue weighted by Crippen LogP contribution is 2.26. The van der Waals surface area contributed by atoms with Crippen LogP contribution in [0.25, 0.3) is 0 Å². The average Bonchev–Trinajstić information content (AvgIpc) is 2.39. The SMILES string of the molecule is O=C1CCC2CN(Cc3cncc(Br)c3)CCC2N1. The Bertz CT molecular complexity index is 480. The lowest BCUT2D eigenvalue weighted by molar-refractivity contribution is -0.125. The number of aromatic nitrogens is 1. The quantitative estimate of drug-likeness (QED) is 0.904. The van der Waals surface area contributed by atoms with Gasteiger partial charge in [-0.2, -0.15) is 0 Å². The molecule has 2 unspecified atom stereocenters. The van der Waals surface area contributed by atoms with E-state index in [1.54, 1.807) is 0 Å². The number of hydrogen-bond donors (Lipinski definition) is 1. The molecule has 0 spiro atoms. The fraction of sp³-hybridized carbons (Fsp3) is 0.571. The minimum atomic E-state index is 0.228. The molecule has 3 heterocycles. The van der Waals surface area contributed by atoms with Gasteiger partial charge in [0.15, 0.2) is 0 Å². The van der Waals surface area contributed by atoms with Crippen molar-refractivity contribution in [3.05, 3.63) is 28.5 Å². The van der Waals surface area contributed by atoms with E-state index in [-0.39, 0.29) is 5.91 Å². The molecule has 0 radical (unpaired) electrons. The van der Waals surface area contributed by atoms with Gasteiger partial charge in [0.2, 0.25) is 5.91 Å². The molecule has 2 fully saturated rings. The van der Waals surface area contributed by atoms with Crippen molar-refractivity contribution in [1.29, 1.82) is 0 Å². The number of fused-ring (bicyclic) bond motifs is 1. The summed E-state index contributed by atoms with van der Waals surface area (Å²) in [7, 11) is 0. The fourth-order valence-corrected chi connectivity index (χ4v) is 3.54. The van der Waals surface area contributed by atoms with Crippen LogP contribution < -0.4 is 5.32 Å². The van der Waals surface area contributed by atoms with Gasteiger partial charge in [-0.05, 0) is 46.3 Å². The maximum atomic E-state index is 11.4. The van der Waals surface area contributed by atoms with Gasteiger partial charge < -0.3 is 5.32 Å². The van der Waals surface area contributed by atoms with Crippen molar-refractivity contribution in [2.45, 2.75) is 31.8 Å². The Morgan fingerprint density at radius 3 is 3.16 bits per heavy atom. The summed E-state index contributed by atoms with van der Waals surface area (Å²) in [5.74, 6) is 0.845. The standard InChI is InChI=1S/C14H18BrN3O/c15-12-5-10(6-16-7-12)8-18-4-3-13-11(9-18)1-2-14(19)17-13/h5-7,11,13H,1-4,8-9H2,(H,17,19). The first-order chi connectivity index (χ1) is 9.20. The summed E-state index contributed by atoms with van der Waals surface area (Å²) in [6.07, 6.45) is 6.53. The zero-order chi connectivity index (χ0) is 13.2. The number of piperidine rings is 2. The van der Waals surface area contributed by atoms with E-state index in [4.69, 9.17) is 0 Å². The predicted molar refractivity (Wildman–Crippen MR) is 76.5 cm³/mol. The van der Waals surface area contributed by atoms with E-state index < -0.39 is 0 Å². The molecule has 102 valence electrons. The molecule has 3 rings (SSSR count). The van der Waals surface area contributed by atoms with Crippen molar-refractivity contribution >= 4 is 21.8 Å². The second-order valence-electron chi connectivity index (χ2n) is 5.51. The number of likely N-dealkylation sites (tertiary alicyclic amines) is 1. The van der Waals surface area contributed by atoms with Crippen molar-refractivity contribution in [2.75, 3.05) is 13.1 Å². The Labute approximate surface area is 121 Å². The zero-order valence-corrected chi connectivity index (χ0v) is 12.4. The van der Waals surface area contributed by atoms with Gasteiger partial charge in [-0.15, -0.1) is 0 Å². The third-order valence-corrected chi connectivity index (χ3v) is 4.51. The minimum absolute atomic E-state index is 0.228. The number of carbonyl (C=O) groups excluding carboxylic acids is 1. The molecule has 1 N–H and O–H groups in total. The van der Waals surface area contributed by atoms with E-state index in [9.17, 15) is 4.79 Å². The molecule has 0 aliphatic carbocycles. The molecule has 4 nitrogen and oxygen atoms in total. The van der Waals surface area contributed by atoms with Crippen LogP contribution in [0.2, 0.25) is 0 Å². The van der Waals surface area contributed by atoms with Crippen molar-refractivity contribution in [3.63, 3.8) is 0 Å². The molecule has 0 aromatic carbocycles. The molecule has 1 amide bonds. The summed E-state index contributed by atoms with van der Waals surface area (Å²) < 4.78 is 1.03. The lowest BCUT2D eigenvalue weighted by Crippen LogP contribution is -2.53. The highest BCUT2D eigenvalue weighted by Gasteiger charge is 2.33. The molecular formula is C14H18BrN3O. The van der Waals surface area contributed by atoms with E-state index in [2.05, 4.69) is 37.2 Å². The summed E-state index contributed by atoms with van der Waals surface area (Å²) in [5, 5.41) is 3.13. The van der Waals surface area contributed by atoms with Crippen LogP contribution in [0.3, 0.4) is 0 Å². The molecule has 2 atom stereocenters. The summed E-state index contributed by atoms with van der Waals surface area (Å²) in [4.78, 5) is 18.1. The van der Waals surface area contributed by atoms with Crippen LogP contribution in [0.15, 0.2) is 22.9 Å². The van der Waals surface area contributed by atoms with Crippen molar-refractivity contribution < 1.29 is 4.79 Å². The summed E-state index contributed by atoms with van der Waals surface area (Å²) >= 11 is 3.46. The Balaban J connectivity index is 1.61. The first kappa shape index (κ1) is 13.1. The van der Waals surface area contributed by atoms with Crippen LogP contribution in [-0.4, -0.2) is 34.9 Å². The molecule has 1 aromatic heterocycles. The number of amides is 1. The first-order valence-electron chi connectivity index (χ1n) is 6.82. The van der Waals surface area contributed by atoms with Crippen LogP contribution in [0.5, 0.6) is 0 Å². The van der Waals surface area contributed by atoms with Gasteiger partial charge in [0, 0.05) is 49.0 Å². The van der Waals surface area contributed by atoms with E-state index in [0.717, 1.165) is 36.9 Å². The Morgan fingerprint density at radius 2 is 2.32 bits per heavy atom. The normalized spacial score (nSPS) is 27.7. The van der Waals surface area contributed by atoms with Crippen LogP contribution in [0.1, 0.15) is 24.8 Å². The van der Waals surface area contributed by atoms with Gasteiger partial charge >= 0.3 is 0 Å². The maximum absolute atomic E-state index is 11.4. The predicted octanol–water partition coefficient (Wildman–Crippen LogP) is 1.94.